The third-order valence-electron chi connectivity index (χ3n) is 17.5. The Morgan fingerprint density at radius 1 is 0.300 bits per heavy atom. The van der Waals surface area contributed by atoms with Crippen LogP contribution in [0.5, 0.6) is 11.5 Å². The van der Waals surface area contributed by atoms with Crippen LogP contribution in [-0.2, 0) is 10.8 Å². The summed E-state index contributed by atoms with van der Waals surface area (Å²) in [4.78, 5) is 4.94. The maximum atomic E-state index is 6.73. The molecule has 15 rings (SSSR count). The minimum absolute atomic E-state index is 0.208. The van der Waals surface area contributed by atoms with E-state index < -0.39 is 13.5 Å². The zero-order valence-electron chi connectivity index (χ0n) is 44.7. The van der Waals surface area contributed by atoms with Gasteiger partial charge in [-0.05, 0) is 125 Å². The largest absolute Gasteiger partial charge is 0.453 e. The van der Waals surface area contributed by atoms with Gasteiger partial charge in [0.15, 0.2) is 19.6 Å². The molecule has 0 aromatic heterocycles. The Morgan fingerprint density at radius 2 is 0.700 bits per heavy atom. The molecule has 0 unspecified atom stereocenters. The lowest BCUT2D eigenvalue weighted by Gasteiger charge is -2.42. The second-order valence-electron chi connectivity index (χ2n) is 21.9. The molecule has 3 aliphatic rings. The van der Waals surface area contributed by atoms with Gasteiger partial charge in [0, 0.05) is 16.7 Å². The van der Waals surface area contributed by atoms with Crippen molar-refractivity contribution in [3.05, 3.63) is 337 Å². The number of benzene rings is 12. The number of para-hydroxylation sites is 7. The van der Waals surface area contributed by atoms with Crippen molar-refractivity contribution in [2.75, 3.05) is 9.80 Å². The van der Waals surface area contributed by atoms with E-state index in [-0.39, 0.29) is 5.41 Å². The molecular weight excluding hydrogens is 985 g/mol. The van der Waals surface area contributed by atoms with Crippen molar-refractivity contribution in [2.24, 2.45) is 0 Å². The maximum absolute atomic E-state index is 6.73. The van der Waals surface area contributed by atoms with Gasteiger partial charge in [0.2, 0.25) is 0 Å². The van der Waals surface area contributed by atoms with E-state index in [4.69, 9.17) is 4.74 Å². The molecule has 0 N–H and O–H groups in total. The number of hydrogen-bond acceptors (Lipinski definition) is 3. The standard InChI is InChI=1S/C76H56N2OSi/c1-75(2)66-37-17-20-40-69(66)78(70-41-21-18-38-67(70)75)68-39-19-14-32-61(68)53-50-56(77-71-42-22-24-44-73(71)79-74-45-25-23-43-72(74)77)52-60(51-53)80(57-28-8-4-9-29-57,58-30-10-5-11-31-58)59-48-46-55(47-49-59)76(54-26-6-3-7-27-54)64-35-15-12-33-62(64)63-34-13-16-36-65(63)76/h3-52H,1-2H3. The summed E-state index contributed by atoms with van der Waals surface area (Å²) in [5.74, 6) is 1.63. The van der Waals surface area contributed by atoms with Gasteiger partial charge >= 0.3 is 0 Å². The monoisotopic (exact) mass is 1040 g/mol. The molecule has 0 saturated carbocycles. The van der Waals surface area contributed by atoms with Crippen molar-refractivity contribution in [1.29, 1.82) is 0 Å². The maximum Gasteiger partial charge on any atom is 0.179 e. The Labute approximate surface area is 470 Å². The first kappa shape index (κ1) is 47.5. The van der Waals surface area contributed by atoms with Crippen LogP contribution in [0.15, 0.2) is 303 Å². The normalized spacial score (nSPS) is 14.1. The Bertz CT molecular complexity index is 4140. The minimum atomic E-state index is -3.31. The summed E-state index contributed by atoms with van der Waals surface area (Å²) in [6, 6.07) is 113. The Kier molecular flexibility index (Phi) is 11.1. The zero-order chi connectivity index (χ0) is 53.4. The van der Waals surface area contributed by atoms with E-state index in [9.17, 15) is 0 Å². The van der Waals surface area contributed by atoms with Gasteiger partial charge in [0.05, 0.1) is 33.9 Å². The van der Waals surface area contributed by atoms with Crippen molar-refractivity contribution < 1.29 is 4.74 Å². The van der Waals surface area contributed by atoms with Crippen LogP contribution in [0, 0.1) is 0 Å². The molecule has 80 heavy (non-hydrogen) atoms. The number of ether oxygens (including phenoxy) is 1. The average Bonchev–Trinajstić information content (AvgIpc) is 3.98. The van der Waals surface area contributed by atoms with Crippen molar-refractivity contribution in [3.8, 4) is 33.8 Å². The first-order valence-electron chi connectivity index (χ1n) is 27.8. The molecule has 2 heterocycles. The predicted molar refractivity (Wildman–Crippen MR) is 334 cm³/mol. The van der Waals surface area contributed by atoms with E-state index in [2.05, 4.69) is 327 Å². The molecule has 12 aromatic rings. The van der Waals surface area contributed by atoms with Crippen molar-refractivity contribution in [2.45, 2.75) is 24.7 Å². The molecule has 0 saturated heterocycles. The van der Waals surface area contributed by atoms with E-state index in [0.29, 0.717) is 0 Å². The summed E-state index contributed by atoms with van der Waals surface area (Å²) in [7, 11) is -3.31. The molecule has 2 aliphatic heterocycles. The van der Waals surface area contributed by atoms with Gasteiger partial charge < -0.3 is 14.5 Å². The fraction of sp³-hybridized carbons (Fsp3) is 0.0526. The molecule has 4 heteroatoms. The van der Waals surface area contributed by atoms with Gasteiger partial charge in [0.1, 0.15) is 0 Å². The van der Waals surface area contributed by atoms with Gasteiger partial charge in [-0.2, -0.15) is 0 Å². The predicted octanol–water partition coefficient (Wildman–Crippen LogP) is 16.8. The molecule has 0 bridgehead atoms. The third-order valence-corrected chi connectivity index (χ3v) is 22.2. The SMILES string of the molecule is CC1(C)c2ccccc2N(c2ccccc2-c2cc(N3c4ccccc4Oc4ccccc43)cc([Si](c3ccccc3)(c3ccccc3)c3ccc(C4(c5ccccc5)c5ccccc5-c5ccccc54)cc3)c2)c2ccccc21. The molecule has 0 amide bonds. The quantitative estimate of drug-likeness (QED) is 0.106. The van der Waals surface area contributed by atoms with Gasteiger partial charge in [-0.3, -0.25) is 0 Å². The third kappa shape index (κ3) is 7.05. The number of hydrogen-bond donors (Lipinski definition) is 0. The van der Waals surface area contributed by atoms with Crippen LogP contribution in [0.25, 0.3) is 22.3 Å². The summed E-state index contributed by atoms with van der Waals surface area (Å²) >= 11 is 0. The van der Waals surface area contributed by atoms with Crippen LogP contribution < -0.4 is 35.3 Å². The van der Waals surface area contributed by atoms with Crippen LogP contribution in [-0.4, -0.2) is 8.07 Å². The molecule has 380 valence electrons. The molecular formula is C76H56N2OSi. The van der Waals surface area contributed by atoms with Crippen LogP contribution >= 0.6 is 0 Å². The Hall–Kier alpha value is -9.74. The van der Waals surface area contributed by atoms with Gasteiger partial charge in [-0.25, -0.2) is 0 Å². The molecule has 0 radical (unpaired) electrons. The number of rotatable bonds is 9. The Balaban J connectivity index is 1.03. The van der Waals surface area contributed by atoms with Gasteiger partial charge in [-0.15, -0.1) is 0 Å². The fourth-order valence-electron chi connectivity index (χ4n) is 14.0. The zero-order valence-corrected chi connectivity index (χ0v) is 45.7. The molecule has 0 spiro atoms. The molecule has 0 atom stereocenters. The van der Waals surface area contributed by atoms with Gasteiger partial charge in [0.25, 0.3) is 0 Å². The van der Waals surface area contributed by atoms with E-state index in [1.807, 2.05) is 0 Å². The summed E-state index contributed by atoms with van der Waals surface area (Å²) < 4.78 is 6.73. The first-order chi connectivity index (χ1) is 39.5. The van der Waals surface area contributed by atoms with Crippen LogP contribution in [0.4, 0.5) is 34.1 Å². The van der Waals surface area contributed by atoms with E-state index in [1.165, 1.54) is 76.6 Å². The summed E-state index contributed by atoms with van der Waals surface area (Å²) in [5.41, 5.74) is 18.3. The van der Waals surface area contributed by atoms with Crippen LogP contribution in [0.3, 0.4) is 0 Å². The lowest BCUT2D eigenvalue weighted by atomic mass is 9.68. The number of nitrogens with zero attached hydrogens (tertiary/aromatic N) is 2. The molecule has 12 aromatic carbocycles. The summed E-state index contributed by atoms with van der Waals surface area (Å²) in [6.07, 6.45) is 0. The number of fused-ring (bicyclic) bond motifs is 7. The van der Waals surface area contributed by atoms with E-state index in [1.54, 1.807) is 0 Å². The number of anilines is 6. The van der Waals surface area contributed by atoms with Crippen molar-refractivity contribution >= 4 is 62.9 Å². The van der Waals surface area contributed by atoms with Crippen LogP contribution in [0.1, 0.15) is 47.2 Å². The summed E-state index contributed by atoms with van der Waals surface area (Å²) in [5, 5.41) is 5.16. The van der Waals surface area contributed by atoms with E-state index >= 15 is 0 Å². The molecule has 3 nitrogen and oxygen atoms in total. The topological polar surface area (TPSA) is 15.7 Å². The lowest BCUT2D eigenvalue weighted by molar-refractivity contribution is 0.477. The summed E-state index contributed by atoms with van der Waals surface area (Å²) in [6.45, 7) is 4.72. The second-order valence-corrected chi connectivity index (χ2v) is 25.7. The highest BCUT2D eigenvalue weighted by atomic mass is 28.3. The van der Waals surface area contributed by atoms with Crippen molar-refractivity contribution in [1.82, 2.24) is 0 Å². The molecule has 1 aliphatic carbocycles. The van der Waals surface area contributed by atoms with Crippen LogP contribution in [0.2, 0.25) is 0 Å². The Morgan fingerprint density at radius 3 is 1.24 bits per heavy atom. The average molecular weight is 1040 g/mol. The van der Waals surface area contributed by atoms with Crippen molar-refractivity contribution in [3.63, 3.8) is 0 Å². The van der Waals surface area contributed by atoms with E-state index in [0.717, 1.165) is 45.4 Å². The minimum Gasteiger partial charge on any atom is -0.453 e. The second kappa shape index (κ2) is 18.7. The highest BCUT2D eigenvalue weighted by Gasteiger charge is 2.48. The highest BCUT2D eigenvalue weighted by molar-refractivity contribution is 7.20. The first-order valence-corrected chi connectivity index (χ1v) is 29.8. The fourth-order valence-corrected chi connectivity index (χ4v) is 18.8. The lowest BCUT2D eigenvalue weighted by Crippen LogP contribution is -2.74. The molecule has 0 fully saturated rings. The smallest absolute Gasteiger partial charge is 0.179 e. The highest BCUT2D eigenvalue weighted by Crippen LogP contribution is 2.57. The van der Waals surface area contributed by atoms with Gasteiger partial charge in [-0.1, -0.05) is 263 Å².